The first kappa shape index (κ1) is 13.9. The number of carbonyl (C=O) groups excluding carboxylic acids is 1. The first-order chi connectivity index (χ1) is 8.79. The van der Waals surface area contributed by atoms with Gasteiger partial charge in [-0.05, 0) is 38.8 Å². The smallest absolute Gasteiger partial charge is 0.412 e. The highest BCUT2D eigenvalue weighted by Gasteiger charge is 2.43. The van der Waals surface area contributed by atoms with E-state index in [2.05, 4.69) is 0 Å². The zero-order valence-corrected chi connectivity index (χ0v) is 11.9. The summed E-state index contributed by atoms with van der Waals surface area (Å²) in [5.74, 6) is -0.0197. The molecule has 1 N–H and O–H groups in total. The predicted molar refractivity (Wildman–Crippen MR) is 72.9 cm³/mol. The lowest BCUT2D eigenvalue weighted by Crippen LogP contribution is -2.58. The first-order valence-electron chi connectivity index (χ1n) is 6.53. The molecule has 1 fully saturated rings. The van der Waals surface area contributed by atoms with Crippen molar-refractivity contribution < 1.29 is 14.6 Å². The van der Waals surface area contributed by atoms with E-state index in [1.807, 2.05) is 52.0 Å². The maximum absolute atomic E-state index is 11.9. The minimum atomic E-state index is -0.795. The van der Waals surface area contributed by atoms with Crippen molar-refractivity contribution in [3.8, 4) is 0 Å². The largest absolute Gasteiger partial charge is 0.444 e. The molecule has 1 aliphatic rings. The molecule has 104 valence electrons. The number of hydrogen-bond acceptors (Lipinski definition) is 3. The number of rotatable bonds is 1. The van der Waals surface area contributed by atoms with E-state index in [4.69, 9.17) is 4.74 Å². The Labute approximate surface area is 114 Å². The van der Waals surface area contributed by atoms with E-state index in [1.165, 1.54) is 4.90 Å². The molecule has 4 heteroatoms. The molecule has 0 saturated carbocycles. The lowest BCUT2D eigenvalue weighted by Gasteiger charge is -2.45. The van der Waals surface area contributed by atoms with Gasteiger partial charge >= 0.3 is 6.09 Å². The highest BCUT2D eigenvalue weighted by molar-refractivity contribution is 5.70. The van der Waals surface area contributed by atoms with Crippen LogP contribution in [-0.2, 0) is 4.74 Å². The van der Waals surface area contributed by atoms with E-state index in [0.29, 0.717) is 6.54 Å². The van der Waals surface area contributed by atoms with Gasteiger partial charge in [0, 0.05) is 12.5 Å². The molecule has 0 aromatic heterocycles. The Morgan fingerprint density at radius 1 is 1.37 bits per heavy atom. The van der Waals surface area contributed by atoms with Crippen LogP contribution in [0.15, 0.2) is 24.3 Å². The standard InChI is InChI=1S/C15H21NO3/c1-10-7-5-6-8-11(10)12-9-16(13(12)17)14(18)19-15(2,3)4/h5-8,12-13,17H,9H2,1-4H3. The van der Waals surface area contributed by atoms with E-state index in [1.54, 1.807) is 0 Å². The number of amides is 1. The molecule has 0 bridgehead atoms. The average molecular weight is 263 g/mol. The molecule has 0 radical (unpaired) electrons. The zero-order chi connectivity index (χ0) is 14.2. The third-order valence-corrected chi connectivity index (χ3v) is 3.29. The Morgan fingerprint density at radius 2 is 2.00 bits per heavy atom. The molecule has 1 heterocycles. The van der Waals surface area contributed by atoms with Crippen molar-refractivity contribution in [2.75, 3.05) is 6.54 Å². The van der Waals surface area contributed by atoms with Crippen LogP contribution < -0.4 is 0 Å². The van der Waals surface area contributed by atoms with Gasteiger partial charge in [0.25, 0.3) is 0 Å². The molecule has 19 heavy (non-hydrogen) atoms. The summed E-state index contributed by atoms with van der Waals surface area (Å²) >= 11 is 0. The van der Waals surface area contributed by atoms with Crippen LogP contribution in [0.1, 0.15) is 37.8 Å². The molecule has 4 nitrogen and oxygen atoms in total. The second-order valence-corrected chi connectivity index (χ2v) is 6.01. The van der Waals surface area contributed by atoms with Crippen LogP contribution in [-0.4, -0.2) is 34.5 Å². The Bertz CT molecular complexity index is 479. The van der Waals surface area contributed by atoms with Crippen molar-refractivity contribution in [1.29, 1.82) is 0 Å². The maximum Gasteiger partial charge on any atom is 0.412 e. The van der Waals surface area contributed by atoms with E-state index in [-0.39, 0.29) is 5.92 Å². The average Bonchev–Trinajstić information content (AvgIpc) is 2.27. The monoisotopic (exact) mass is 263 g/mol. The van der Waals surface area contributed by atoms with Crippen LogP contribution in [0.5, 0.6) is 0 Å². The Kier molecular flexibility index (Phi) is 3.54. The van der Waals surface area contributed by atoms with E-state index >= 15 is 0 Å². The highest BCUT2D eigenvalue weighted by Crippen LogP contribution is 2.35. The van der Waals surface area contributed by atoms with Crippen LogP contribution in [0.25, 0.3) is 0 Å². The van der Waals surface area contributed by atoms with Gasteiger partial charge in [-0.15, -0.1) is 0 Å². The highest BCUT2D eigenvalue weighted by atomic mass is 16.6. The van der Waals surface area contributed by atoms with Gasteiger partial charge in [-0.25, -0.2) is 4.79 Å². The quantitative estimate of drug-likeness (QED) is 0.847. The number of likely N-dealkylation sites (tertiary alicyclic amines) is 1. The van der Waals surface area contributed by atoms with Crippen LogP contribution in [0.2, 0.25) is 0 Å². The number of carbonyl (C=O) groups is 1. The van der Waals surface area contributed by atoms with Crippen LogP contribution in [0, 0.1) is 6.92 Å². The molecule has 1 amide bonds. The Balaban J connectivity index is 2.02. The number of nitrogens with zero attached hydrogens (tertiary/aromatic N) is 1. The Morgan fingerprint density at radius 3 is 2.53 bits per heavy atom. The van der Waals surface area contributed by atoms with Crippen molar-refractivity contribution in [1.82, 2.24) is 4.90 Å². The van der Waals surface area contributed by atoms with Gasteiger partial charge < -0.3 is 9.84 Å². The number of aliphatic hydroxyl groups excluding tert-OH is 1. The summed E-state index contributed by atoms with van der Waals surface area (Å²) in [6.07, 6.45) is -1.25. The Hall–Kier alpha value is -1.55. The van der Waals surface area contributed by atoms with Crippen molar-refractivity contribution in [2.24, 2.45) is 0 Å². The van der Waals surface area contributed by atoms with Crippen molar-refractivity contribution in [2.45, 2.75) is 45.4 Å². The zero-order valence-electron chi connectivity index (χ0n) is 11.9. The summed E-state index contributed by atoms with van der Waals surface area (Å²) in [4.78, 5) is 13.2. The molecule has 1 aromatic carbocycles. The number of benzene rings is 1. The molecule has 2 rings (SSSR count). The summed E-state index contributed by atoms with van der Waals surface area (Å²) < 4.78 is 5.25. The van der Waals surface area contributed by atoms with Crippen LogP contribution in [0.4, 0.5) is 4.79 Å². The van der Waals surface area contributed by atoms with E-state index in [0.717, 1.165) is 11.1 Å². The second-order valence-electron chi connectivity index (χ2n) is 6.01. The van der Waals surface area contributed by atoms with Crippen LogP contribution in [0.3, 0.4) is 0 Å². The molecule has 1 saturated heterocycles. The molecular formula is C15H21NO3. The number of ether oxygens (including phenoxy) is 1. The molecule has 1 aliphatic heterocycles. The predicted octanol–water partition coefficient (Wildman–Crippen LogP) is 2.65. The molecule has 2 unspecified atom stereocenters. The van der Waals surface area contributed by atoms with Gasteiger partial charge in [-0.1, -0.05) is 24.3 Å². The number of aryl methyl sites for hydroxylation is 1. The molecular weight excluding hydrogens is 242 g/mol. The van der Waals surface area contributed by atoms with E-state index < -0.39 is 17.9 Å². The van der Waals surface area contributed by atoms with Crippen molar-refractivity contribution >= 4 is 6.09 Å². The fraction of sp³-hybridized carbons (Fsp3) is 0.533. The summed E-state index contributed by atoms with van der Waals surface area (Å²) in [6.45, 7) is 7.96. The minimum Gasteiger partial charge on any atom is -0.444 e. The molecule has 1 aromatic rings. The lowest BCUT2D eigenvalue weighted by atomic mass is 9.87. The van der Waals surface area contributed by atoms with Gasteiger partial charge in [0.2, 0.25) is 0 Å². The summed E-state index contributed by atoms with van der Waals surface area (Å²) in [5.41, 5.74) is 1.69. The molecule has 0 aliphatic carbocycles. The van der Waals surface area contributed by atoms with Gasteiger partial charge in [0.15, 0.2) is 0 Å². The normalized spacial score (nSPS) is 22.9. The molecule has 2 atom stereocenters. The lowest BCUT2D eigenvalue weighted by molar-refractivity contribution is -0.0964. The van der Waals surface area contributed by atoms with E-state index in [9.17, 15) is 9.90 Å². The first-order valence-corrected chi connectivity index (χ1v) is 6.53. The number of aliphatic hydroxyl groups is 1. The summed E-state index contributed by atoms with van der Waals surface area (Å²) in [6, 6.07) is 7.93. The SMILES string of the molecule is Cc1ccccc1C1CN(C(=O)OC(C)(C)C)C1O. The van der Waals surface area contributed by atoms with Gasteiger partial charge in [0.05, 0.1) is 0 Å². The van der Waals surface area contributed by atoms with Crippen molar-refractivity contribution in [3.63, 3.8) is 0 Å². The topological polar surface area (TPSA) is 49.8 Å². The fourth-order valence-corrected chi connectivity index (χ4v) is 2.26. The van der Waals surface area contributed by atoms with Crippen molar-refractivity contribution in [3.05, 3.63) is 35.4 Å². The second kappa shape index (κ2) is 4.85. The fourth-order valence-electron chi connectivity index (χ4n) is 2.26. The molecule has 0 spiro atoms. The minimum absolute atomic E-state index is 0.0197. The summed E-state index contributed by atoms with van der Waals surface area (Å²) in [5, 5.41) is 10.1. The van der Waals surface area contributed by atoms with Crippen LogP contribution >= 0.6 is 0 Å². The third-order valence-electron chi connectivity index (χ3n) is 3.29. The third kappa shape index (κ3) is 2.89. The maximum atomic E-state index is 11.9. The summed E-state index contributed by atoms with van der Waals surface area (Å²) in [7, 11) is 0. The van der Waals surface area contributed by atoms with Gasteiger partial charge in [-0.2, -0.15) is 0 Å². The van der Waals surface area contributed by atoms with Gasteiger partial charge in [-0.3, -0.25) is 4.90 Å². The van der Waals surface area contributed by atoms with Gasteiger partial charge in [0.1, 0.15) is 11.8 Å². The number of hydrogen-bond donors (Lipinski definition) is 1.